The molecule has 1 amide bonds. The first-order valence-electron chi connectivity index (χ1n) is 13.4. The second-order valence-corrected chi connectivity index (χ2v) is 9.92. The maximum atomic E-state index is 12.2. The number of carboxylic acids is 3. The molecule has 1 aromatic carbocycles. The van der Waals surface area contributed by atoms with Gasteiger partial charge in [0.1, 0.15) is 5.75 Å². The van der Waals surface area contributed by atoms with Crippen LogP contribution in [0, 0.1) is 0 Å². The third kappa shape index (κ3) is 9.03. The highest BCUT2D eigenvalue weighted by Crippen LogP contribution is 2.30. The Hall–Kier alpha value is -3.94. The summed E-state index contributed by atoms with van der Waals surface area (Å²) in [5.74, 6) is -4.26. The Morgan fingerprint density at radius 3 is 2.15 bits per heavy atom. The van der Waals surface area contributed by atoms with Crippen molar-refractivity contribution in [2.24, 2.45) is 0 Å². The summed E-state index contributed by atoms with van der Waals surface area (Å²) in [7, 11) is 0. The molecule has 2 aromatic rings. The van der Waals surface area contributed by atoms with E-state index in [0.29, 0.717) is 32.3 Å². The lowest BCUT2D eigenvalue weighted by Crippen LogP contribution is -2.42. The SMILES string of the molecule is CCC1c2cccn2CCN1Cc1ccc(OCC(=O)N2CCOCC2)cc1.O=C(O)CC(O)(CC(=O)O)C(=O)O. The van der Waals surface area contributed by atoms with Gasteiger partial charge < -0.3 is 39.4 Å². The Morgan fingerprint density at radius 1 is 0.951 bits per heavy atom. The molecule has 224 valence electrons. The number of amides is 1. The first-order valence-corrected chi connectivity index (χ1v) is 13.4. The van der Waals surface area contributed by atoms with Crippen LogP contribution in [0.1, 0.15) is 43.5 Å². The number of hydrogen-bond acceptors (Lipinski definition) is 8. The van der Waals surface area contributed by atoms with Crippen molar-refractivity contribution in [3.63, 3.8) is 0 Å². The molecule has 0 saturated carbocycles. The van der Waals surface area contributed by atoms with Crippen molar-refractivity contribution in [3.05, 3.63) is 53.9 Å². The smallest absolute Gasteiger partial charge is 0.336 e. The molecular formula is C28H37N3O10. The maximum absolute atomic E-state index is 12.2. The number of fused-ring (bicyclic) bond motifs is 1. The van der Waals surface area contributed by atoms with Crippen molar-refractivity contribution in [1.29, 1.82) is 0 Å². The average molecular weight is 576 g/mol. The van der Waals surface area contributed by atoms with E-state index in [1.54, 1.807) is 4.90 Å². The van der Waals surface area contributed by atoms with Crippen LogP contribution in [-0.4, -0.2) is 104 Å². The average Bonchev–Trinajstić information content (AvgIpc) is 3.41. The first kappa shape index (κ1) is 31.6. The molecule has 1 atom stereocenters. The summed E-state index contributed by atoms with van der Waals surface area (Å²) < 4.78 is 13.3. The molecule has 4 rings (SSSR count). The molecule has 1 aromatic heterocycles. The summed E-state index contributed by atoms with van der Waals surface area (Å²) in [6.45, 7) is 7.90. The van der Waals surface area contributed by atoms with E-state index in [0.717, 1.165) is 31.8 Å². The molecule has 3 heterocycles. The highest BCUT2D eigenvalue weighted by molar-refractivity contribution is 5.88. The van der Waals surface area contributed by atoms with Crippen LogP contribution < -0.4 is 4.74 Å². The maximum Gasteiger partial charge on any atom is 0.336 e. The lowest BCUT2D eigenvalue weighted by Gasteiger charge is -2.36. The van der Waals surface area contributed by atoms with Gasteiger partial charge in [-0.1, -0.05) is 19.1 Å². The number of aliphatic hydroxyl groups is 1. The van der Waals surface area contributed by atoms with Crippen LogP contribution in [0.4, 0.5) is 0 Å². The molecule has 13 heteroatoms. The minimum absolute atomic E-state index is 0.0227. The zero-order valence-corrected chi connectivity index (χ0v) is 23.0. The number of hydrogen-bond donors (Lipinski definition) is 4. The molecule has 1 fully saturated rings. The van der Waals surface area contributed by atoms with Crippen LogP contribution in [0.3, 0.4) is 0 Å². The topological polar surface area (TPSA) is 179 Å². The van der Waals surface area contributed by atoms with Crippen molar-refractivity contribution in [1.82, 2.24) is 14.4 Å². The predicted molar refractivity (Wildman–Crippen MR) is 144 cm³/mol. The minimum atomic E-state index is -2.74. The second kappa shape index (κ2) is 14.6. The number of aromatic nitrogens is 1. The van der Waals surface area contributed by atoms with E-state index in [9.17, 15) is 19.2 Å². The molecule has 4 N–H and O–H groups in total. The number of carbonyl (C=O) groups is 4. The molecule has 0 spiro atoms. The van der Waals surface area contributed by atoms with Gasteiger partial charge in [-0.15, -0.1) is 0 Å². The van der Waals surface area contributed by atoms with Crippen LogP contribution in [0.25, 0.3) is 0 Å². The van der Waals surface area contributed by atoms with Gasteiger partial charge in [0, 0.05) is 44.6 Å². The largest absolute Gasteiger partial charge is 0.484 e. The Morgan fingerprint density at radius 2 is 1.59 bits per heavy atom. The molecule has 0 radical (unpaired) electrons. The number of ether oxygens (including phenoxy) is 2. The standard InChI is InChI=1S/C22H29N3O3.C6H8O7/c1-2-20-21-4-3-9-23(21)10-11-25(20)16-18-5-7-19(8-6-18)28-17-22(26)24-12-14-27-15-13-24;7-3(8)1-6(13,5(11)12)2-4(9)10/h3-9,20H,2,10-17H2,1H3;13H,1-2H2,(H,7,8)(H,9,10)(H,11,12). The fourth-order valence-electron chi connectivity index (χ4n) is 4.86. The lowest BCUT2D eigenvalue weighted by molar-refractivity contribution is -0.170. The highest BCUT2D eigenvalue weighted by atomic mass is 16.5. The fraction of sp³-hybridized carbons (Fsp3) is 0.500. The van der Waals surface area contributed by atoms with Crippen molar-refractivity contribution >= 4 is 23.8 Å². The van der Waals surface area contributed by atoms with E-state index in [4.69, 9.17) is 29.9 Å². The molecule has 1 saturated heterocycles. The molecule has 2 aliphatic heterocycles. The van der Waals surface area contributed by atoms with Gasteiger partial charge in [-0.25, -0.2) is 4.79 Å². The van der Waals surface area contributed by atoms with Crippen LogP contribution in [0.15, 0.2) is 42.6 Å². The first-order chi connectivity index (χ1) is 19.5. The molecule has 13 nitrogen and oxygen atoms in total. The number of carbonyl (C=O) groups excluding carboxylic acids is 1. The van der Waals surface area contributed by atoms with Crippen LogP contribution in [-0.2, 0) is 37.0 Å². The van der Waals surface area contributed by atoms with E-state index in [2.05, 4.69) is 46.9 Å². The van der Waals surface area contributed by atoms with Gasteiger partial charge in [0.15, 0.2) is 12.2 Å². The number of benzene rings is 1. The Kier molecular flexibility index (Phi) is 11.3. The van der Waals surface area contributed by atoms with Crippen LogP contribution in [0.2, 0.25) is 0 Å². The summed E-state index contributed by atoms with van der Waals surface area (Å²) in [5, 5.41) is 33.8. The summed E-state index contributed by atoms with van der Waals surface area (Å²) in [6.07, 6.45) is 0.998. The minimum Gasteiger partial charge on any atom is -0.484 e. The van der Waals surface area contributed by atoms with E-state index in [1.807, 2.05) is 12.1 Å². The fourth-order valence-corrected chi connectivity index (χ4v) is 4.86. The number of carboxylic acid groups (broad SMARTS) is 3. The zero-order valence-electron chi connectivity index (χ0n) is 23.0. The second-order valence-electron chi connectivity index (χ2n) is 9.92. The van der Waals surface area contributed by atoms with Gasteiger partial charge in [-0.05, 0) is 36.2 Å². The highest BCUT2D eigenvalue weighted by Gasteiger charge is 2.40. The van der Waals surface area contributed by atoms with Gasteiger partial charge in [-0.2, -0.15) is 0 Å². The molecule has 2 aliphatic rings. The summed E-state index contributed by atoms with van der Waals surface area (Å²) >= 11 is 0. The molecular weight excluding hydrogens is 538 g/mol. The Labute approximate surface area is 237 Å². The van der Waals surface area contributed by atoms with E-state index >= 15 is 0 Å². The van der Waals surface area contributed by atoms with Gasteiger partial charge in [0.25, 0.3) is 5.91 Å². The van der Waals surface area contributed by atoms with Crippen molar-refractivity contribution in [2.45, 2.75) is 50.9 Å². The van der Waals surface area contributed by atoms with Gasteiger partial charge in [0.2, 0.25) is 0 Å². The number of nitrogens with zero attached hydrogens (tertiary/aromatic N) is 3. The third-order valence-corrected chi connectivity index (χ3v) is 6.98. The number of aliphatic carboxylic acids is 3. The van der Waals surface area contributed by atoms with Crippen LogP contribution in [0.5, 0.6) is 5.75 Å². The molecule has 0 bridgehead atoms. The number of rotatable bonds is 11. The van der Waals surface area contributed by atoms with Gasteiger partial charge in [0.05, 0.1) is 32.1 Å². The molecule has 41 heavy (non-hydrogen) atoms. The summed E-state index contributed by atoms with van der Waals surface area (Å²) in [6, 6.07) is 13.0. The van der Waals surface area contributed by atoms with Gasteiger partial charge in [-0.3, -0.25) is 19.3 Å². The van der Waals surface area contributed by atoms with Crippen molar-refractivity contribution < 1.29 is 49.1 Å². The van der Waals surface area contributed by atoms with Crippen molar-refractivity contribution in [3.8, 4) is 5.75 Å². The van der Waals surface area contributed by atoms with Gasteiger partial charge >= 0.3 is 17.9 Å². The monoisotopic (exact) mass is 575 g/mol. The van der Waals surface area contributed by atoms with E-state index < -0.39 is 36.4 Å². The molecule has 0 aliphatic carbocycles. The molecule has 1 unspecified atom stereocenters. The predicted octanol–water partition coefficient (Wildman–Crippen LogP) is 1.44. The third-order valence-electron chi connectivity index (χ3n) is 6.98. The van der Waals surface area contributed by atoms with E-state index in [1.165, 1.54) is 11.3 Å². The summed E-state index contributed by atoms with van der Waals surface area (Å²) in [5.41, 5.74) is -0.0573. The van der Waals surface area contributed by atoms with Crippen LogP contribution >= 0.6 is 0 Å². The Bertz CT molecular complexity index is 1170. The zero-order chi connectivity index (χ0) is 30.0. The normalized spacial score (nSPS) is 17.1. The Balaban J connectivity index is 0.000000302. The van der Waals surface area contributed by atoms with Crippen molar-refractivity contribution in [2.75, 3.05) is 39.5 Å². The number of morpholine rings is 1. The quantitative estimate of drug-likeness (QED) is 0.305. The van der Waals surface area contributed by atoms with E-state index in [-0.39, 0.29) is 12.5 Å². The summed E-state index contributed by atoms with van der Waals surface area (Å²) in [4.78, 5) is 47.0. The lowest BCUT2D eigenvalue weighted by atomic mass is 9.96.